The second kappa shape index (κ2) is 6.55. The number of rotatable bonds is 3. The van der Waals surface area contributed by atoms with Crippen molar-refractivity contribution in [3.8, 4) is 0 Å². The van der Waals surface area contributed by atoms with Crippen molar-refractivity contribution in [1.82, 2.24) is 0 Å². The second-order valence-corrected chi connectivity index (χ2v) is 6.69. The van der Waals surface area contributed by atoms with Crippen molar-refractivity contribution < 1.29 is 4.79 Å². The SMILES string of the molecule is CC(C)c1ccccc1NC(=O)c1cc(Br)cc(Br)c1. The Morgan fingerprint density at radius 2 is 1.65 bits per heavy atom. The molecule has 0 aromatic heterocycles. The molecule has 0 aliphatic heterocycles. The van der Waals surface area contributed by atoms with E-state index in [9.17, 15) is 4.79 Å². The molecule has 2 nitrogen and oxygen atoms in total. The molecule has 2 aromatic carbocycles. The second-order valence-electron chi connectivity index (χ2n) is 4.85. The normalized spacial score (nSPS) is 10.7. The summed E-state index contributed by atoms with van der Waals surface area (Å²) in [5.41, 5.74) is 2.61. The van der Waals surface area contributed by atoms with Gasteiger partial charge < -0.3 is 5.32 Å². The monoisotopic (exact) mass is 395 g/mol. The summed E-state index contributed by atoms with van der Waals surface area (Å²) in [4.78, 5) is 12.3. The molecule has 20 heavy (non-hydrogen) atoms. The van der Waals surface area contributed by atoms with E-state index in [4.69, 9.17) is 0 Å². The molecule has 0 saturated carbocycles. The van der Waals surface area contributed by atoms with Crippen molar-refractivity contribution in [1.29, 1.82) is 0 Å². The maximum absolute atomic E-state index is 12.3. The first-order valence-corrected chi connectivity index (χ1v) is 7.92. The molecule has 0 heterocycles. The molecule has 0 atom stereocenters. The zero-order chi connectivity index (χ0) is 14.7. The number of para-hydroxylation sites is 1. The van der Waals surface area contributed by atoms with Crippen LogP contribution in [0.15, 0.2) is 51.4 Å². The van der Waals surface area contributed by atoms with Crippen molar-refractivity contribution >= 4 is 43.5 Å². The van der Waals surface area contributed by atoms with E-state index in [2.05, 4.69) is 51.0 Å². The first kappa shape index (κ1) is 15.3. The number of amides is 1. The van der Waals surface area contributed by atoms with Crippen LogP contribution in [0.5, 0.6) is 0 Å². The Kier molecular flexibility index (Phi) is 5.00. The lowest BCUT2D eigenvalue weighted by Gasteiger charge is -2.13. The zero-order valence-electron chi connectivity index (χ0n) is 11.3. The summed E-state index contributed by atoms with van der Waals surface area (Å²) >= 11 is 6.79. The molecule has 0 bridgehead atoms. The molecule has 0 unspecified atom stereocenters. The largest absolute Gasteiger partial charge is 0.322 e. The highest BCUT2D eigenvalue weighted by atomic mass is 79.9. The van der Waals surface area contributed by atoms with Crippen molar-refractivity contribution in [3.05, 3.63) is 62.5 Å². The molecule has 2 aromatic rings. The number of hydrogen-bond donors (Lipinski definition) is 1. The van der Waals surface area contributed by atoms with Gasteiger partial charge in [-0.25, -0.2) is 0 Å². The summed E-state index contributed by atoms with van der Waals surface area (Å²) in [5, 5.41) is 2.98. The molecule has 0 aliphatic carbocycles. The minimum absolute atomic E-state index is 0.111. The van der Waals surface area contributed by atoms with Gasteiger partial charge in [0.25, 0.3) is 5.91 Å². The van der Waals surface area contributed by atoms with Gasteiger partial charge in [0.2, 0.25) is 0 Å². The molecule has 1 N–H and O–H groups in total. The summed E-state index contributed by atoms with van der Waals surface area (Å²) in [7, 11) is 0. The Labute approximate surface area is 135 Å². The molecule has 0 fully saturated rings. The van der Waals surface area contributed by atoms with Crippen LogP contribution in [0.3, 0.4) is 0 Å². The van der Waals surface area contributed by atoms with Crippen molar-refractivity contribution in [2.45, 2.75) is 19.8 Å². The highest BCUT2D eigenvalue weighted by Crippen LogP contribution is 2.25. The summed E-state index contributed by atoms with van der Waals surface area (Å²) in [5.74, 6) is 0.251. The molecule has 0 aliphatic rings. The first-order chi connectivity index (χ1) is 9.47. The van der Waals surface area contributed by atoms with Crippen LogP contribution >= 0.6 is 31.9 Å². The maximum atomic E-state index is 12.3. The van der Waals surface area contributed by atoms with Gasteiger partial charge in [0.15, 0.2) is 0 Å². The molecule has 0 saturated heterocycles. The van der Waals surface area contributed by atoms with Crippen molar-refractivity contribution in [3.63, 3.8) is 0 Å². The standard InChI is InChI=1S/C16H15Br2NO/c1-10(2)14-5-3-4-6-15(14)19-16(20)11-7-12(17)9-13(18)8-11/h3-10H,1-2H3,(H,19,20). The van der Waals surface area contributed by atoms with E-state index < -0.39 is 0 Å². The Hall–Kier alpha value is -1.13. The molecule has 0 spiro atoms. The summed E-state index contributed by atoms with van der Waals surface area (Å²) in [6, 6.07) is 13.4. The quantitative estimate of drug-likeness (QED) is 0.719. The van der Waals surface area contributed by atoms with Gasteiger partial charge in [-0.3, -0.25) is 4.79 Å². The average Bonchev–Trinajstić information content (AvgIpc) is 2.37. The van der Waals surface area contributed by atoms with E-state index in [0.29, 0.717) is 11.5 Å². The van der Waals surface area contributed by atoms with Gasteiger partial charge in [-0.1, -0.05) is 63.9 Å². The van der Waals surface area contributed by atoms with Gasteiger partial charge in [0.05, 0.1) is 0 Å². The molecule has 1 amide bonds. The fourth-order valence-electron chi connectivity index (χ4n) is 1.99. The van der Waals surface area contributed by atoms with Crippen LogP contribution in [0.1, 0.15) is 35.7 Å². The number of hydrogen-bond acceptors (Lipinski definition) is 1. The number of carbonyl (C=O) groups excluding carboxylic acids is 1. The fraction of sp³-hybridized carbons (Fsp3) is 0.188. The number of carbonyl (C=O) groups is 1. The Morgan fingerprint density at radius 1 is 1.05 bits per heavy atom. The third-order valence-corrected chi connectivity index (χ3v) is 3.87. The summed E-state index contributed by atoms with van der Waals surface area (Å²) in [6.07, 6.45) is 0. The number of anilines is 1. The van der Waals surface area contributed by atoms with Crippen LogP contribution < -0.4 is 5.32 Å². The third kappa shape index (κ3) is 3.70. The topological polar surface area (TPSA) is 29.1 Å². The molecular weight excluding hydrogens is 382 g/mol. The van der Waals surface area contributed by atoms with Crippen LogP contribution in [-0.4, -0.2) is 5.91 Å². The average molecular weight is 397 g/mol. The van der Waals surface area contributed by atoms with Gasteiger partial charge in [-0.15, -0.1) is 0 Å². The molecule has 4 heteroatoms. The molecule has 0 radical (unpaired) electrons. The fourth-order valence-corrected chi connectivity index (χ4v) is 3.29. The summed E-state index contributed by atoms with van der Waals surface area (Å²) < 4.78 is 1.74. The van der Waals surface area contributed by atoms with E-state index >= 15 is 0 Å². The Morgan fingerprint density at radius 3 is 2.25 bits per heavy atom. The van der Waals surface area contributed by atoms with Gasteiger partial charge in [0.1, 0.15) is 0 Å². The highest BCUT2D eigenvalue weighted by molar-refractivity contribution is 9.11. The lowest BCUT2D eigenvalue weighted by atomic mass is 10.0. The lowest BCUT2D eigenvalue weighted by molar-refractivity contribution is 0.102. The van der Waals surface area contributed by atoms with Gasteiger partial charge in [-0.05, 0) is 35.7 Å². The molecular formula is C16H15Br2NO. The minimum Gasteiger partial charge on any atom is -0.322 e. The van der Waals surface area contributed by atoms with Crippen molar-refractivity contribution in [2.24, 2.45) is 0 Å². The van der Waals surface area contributed by atoms with Gasteiger partial charge in [0, 0.05) is 20.2 Å². The maximum Gasteiger partial charge on any atom is 0.255 e. The molecule has 104 valence electrons. The highest BCUT2D eigenvalue weighted by Gasteiger charge is 2.11. The van der Waals surface area contributed by atoms with Crippen LogP contribution in [0.4, 0.5) is 5.69 Å². The van der Waals surface area contributed by atoms with Crippen molar-refractivity contribution in [2.75, 3.05) is 5.32 Å². The van der Waals surface area contributed by atoms with E-state index in [-0.39, 0.29) is 5.91 Å². The van der Waals surface area contributed by atoms with Gasteiger partial charge >= 0.3 is 0 Å². The Balaban J connectivity index is 2.28. The summed E-state index contributed by atoms with van der Waals surface area (Å²) in [6.45, 7) is 4.22. The predicted molar refractivity (Wildman–Crippen MR) is 90.3 cm³/mol. The number of benzene rings is 2. The Bertz CT molecular complexity index is 618. The number of halogens is 2. The third-order valence-electron chi connectivity index (χ3n) is 2.96. The smallest absolute Gasteiger partial charge is 0.255 e. The minimum atomic E-state index is -0.111. The van der Waals surface area contributed by atoms with Crippen LogP contribution in [-0.2, 0) is 0 Å². The zero-order valence-corrected chi connectivity index (χ0v) is 14.5. The lowest BCUT2D eigenvalue weighted by Crippen LogP contribution is -2.13. The van der Waals surface area contributed by atoms with E-state index in [0.717, 1.165) is 20.2 Å². The number of nitrogens with one attached hydrogen (secondary N) is 1. The van der Waals surface area contributed by atoms with Crippen LogP contribution in [0.25, 0.3) is 0 Å². The predicted octanol–water partition coefficient (Wildman–Crippen LogP) is 5.59. The first-order valence-electron chi connectivity index (χ1n) is 6.33. The van der Waals surface area contributed by atoms with Crippen LogP contribution in [0, 0.1) is 0 Å². The molecule has 2 rings (SSSR count). The van der Waals surface area contributed by atoms with E-state index in [1.54, 1.807) is 12.1 Å². The van der Waals surface area contributed by atoms with Crippen LogP contribution in [0.2, 0.25) is 0 Å². The van der Waals surface area contributed by atoms with Gasteiger partial charge in [-0.2, -0.15) is 0 Å². The van der Waals surface area contributed by atoms with E-state index in [1.807, 2.05) is 30.3 Å². The van der Waals surface area contributed by atoms with E-state index in [1.165, 1.54) is 0 Å².